The Kier molecular flexibility index (Phi) is 6.32. The molecule has 3 aromatic carbocycles. The summed E-state index contributed by atoms with van der Waals surface area (Å²) in [6.45, 7) is 7.77. The van der Waals surface area contributed by atoms with Crippen LogP contribution in [0.3, 0.4) is 0 Å². The number of hydrogen-bond donors (Lipinski definition) is 0. The van der Waals surface area contributed by atoms with E-state index < -0.39 is 10.0 Å². The van der Waals surface area contributed by atoms with E-state index >= 15 is 0 Å². The quantitative estimate of drug-likeness (QED) is 0.390. The Morgan fingerprint density at radius 2 is 1.70 bits per heavy atom. The molecule has 1 fully saturated rings. The van der Waals surface area contributed by atoms with E-state index in [1.54, 1.807) is 53.4 Å². The summed E-state index contributed by atoms with van der Waals surface area (Å²) in [5, 5.41) is 10.1. The zero-order chi connectivity index (χ0) is 26.2. The largest absolute Gasteiger partial charge is 0.367 e. The molecule has 8 heteroatoms. The van der Waals surface area contributed by atoms with Crippen LogP contribution in [0.2, 0.25) is 0 Å². The maximum atomic E-state index is 13.8. The summed E-state index contributed by atoms with van der Waals surface area (Å²) < 4.78 is 28.3. The number of piperazine rings is 1. The second-order valence-electron chi connectivity index (χ2n) is 9.05. The van der Waals surface area contributed by atoms with Crippen molar-refractivity contribution in [2.24, 2.45) is 0 Å². The molecule has 1 saturated heterocycles. The van der Waals surface area contributed by atoms with Gasteiger partial charge in [-0.15, -0.1) is 0 Å². The van der Waals surface area contributed by atoms with Gasteiger partial charge in [0.05, 0.1) is 27.2 Å². The molecule has 5 rings (SSSR count). The summed E-state index contributed by atoms with van der Waals surface area (Å²) in [5.74, 6) is -0.235. The lowest BCUT2D eigenvalue weighted by Crippen LogP contribution is -2.49. The van der Waals surface area contributed by atoms with Crippen molar-refractivity contribution in [3.05, 3.63) is 102 Å². The van der Waals surface area contributed by atoms with Gasteiger partial charge in [0, 0.05) is 37.8 Å². The van der Waals surface area contributed by atoms with Gasteiger partial charge >= 0.3 is 0 Å². The third-order valence-electron chi connectivity index (χ3n) is 6.75. The van der Waals surface area contributed by atoms with Gasteiger partial charge in [-0.1, -0.05) is 42.5 Å². The monoisotopic (exact) mass is 510 g/mol. The highest BCUT2D eigenvalue weighted by molar-refractivity contribution is 7.90. The Morgan fingerprint density at radius 3 is 2.38 bits per heavy atom. The fourth-order valence-corrected chi connectivity index (χ4v) is 6.12. The molecular weight excluding hydrogens is 484 g/mol. The molecule has 7 nitrogen and oxygen atoms in total. The van der Waals surface area contributed by atoms with Gasteiger partial charge in [-0.05, 0) is 55.0 Å². The van der Waals surface area contributed by atoms with Crippen LogP contribution in [0, 0.1) is 18.3 Å². The molecule has 1 aromatic heterocycles. The first kappa shape index (κ1) is 24.3. The second-order valence-corrected chi connectivity index (χ2v) is 10.9. The summed E-state index contributed by atoms with van der Waals surface area (Å²) in [6, 6.07) is 21.6. The van der Waals surface area contributed by atoms with Crippen LogP contribution in [0.4, 0.5) is 5.69 Å². The third kappa shape index (κ3) is 4.39. The molecule has 4 aromatic rings. The number of carbonyl (C=O) groups excluding carboxylic acids is 1. The molecule has 186 valence electrons. The fraction of sp³-hybridized carbons (Fsp3) is 0.172. The lowest BCUT2D eigenvalue weighted by molar-refractivity contribution is 0.0748. The van der Waals surface area contributed by atoms with E-state index in [0.717, 1.165) is 16.8 Å². The number of para-hydroxylation sites is 1. The zero-order valence-corrected chi connectivity index (χ0v) is 21.3. The molecule has 1 amide bonds. The van der Waals surface area contributed by atoms with E-state index in [2.05, 4.69) is 17.5 Å². The highest BCUT2D eigenvalue weighted by Gasteiger charge is 2.28. The standard InChI is InChI=1S/C29H26N4O3S/c1-3-22-18-23-12-13-33(37(35,36)25-10-8-21(2)9-11-25)28(23)26(19-22)29(34)32-16-14-31(15-17-32)27-7-5-4-6-24(27)20-30/h3-13,18-19H,1,14-17H2,2H3. The van der Waals surface area contributed by atoms with Crippen LogP contribution < -0.4 is 4.90 Å². The first-order valence-corrected chi connectivity index (χ1v) is 13.4. The van der Waals surface area contributed by atoms with E-state index in [4.69, 9.17) is 0 Å². The number of aromatic nitrogens is 1. The minimum absolute atomic E-state index is 0.159. The van der Waals surface area contributed by atoms with Crippen molar-refractivity contribution in [2.75, 3.05) is 31.1 Å². The van der Waals surface area contributed by atoms with Crippen LogP contribution in [0.1, 0.15) is 27.0 Å². The fourth-order valence-electron chi connectivity index (χ4n) is 4.75. The number of amides is 1. The van der Waals surface area contributed by atoms with Gasteiger partial charge in [0.1, 0.15) is 6.07 Å². The van der Waals surface area contributed by atoms with Gasteiger partial charge in [-0.25, -0.2) is 12.4 Å². The lowest BCUT2D eigenvalue weighted by Gasteiger charge is -2.36. The predicted molar refractivity (Wildman–Crippen MR) is 145 cm³/mol. The number of hydrogen-bond acceptors (Lipinski definition) is 5. The molecular formula is C29H26N4O3S. The number of carbonyl (C=O) groups is 1. The normalized spacial score (nSPS) is 13.9. The number of nitriles is 1. The first-order chi connectivity index (χ1) is 17.8. The van der Waals surface area contributed by atoms with Crippen molar-refractivity contribution in [1.82, 2.24) is 8.87 Å². The van der Waals surface area contributed by atoms with E-state index in [1.165, 1.54) is 10.2 Å². The maximum Gasteiger partial charge on any atom is 0.268 e. The van der Waals surface area contributed by atoms with E-state index in [-0.39, 0.29) is 10.8 Å². The molecule has 0 unspecified atom stereocenters. The van der Waals surface area contributed by atoms with Gasteiger partial charge in [-0.2, -0.15) is 5.26 Å². The molecule has 0 N–H and O–H groups in total. The van der Waals surface area contributed by atoms with Crippen LogP contribution in [0.5, 0.6) is 0 Å². The molecule has 1 aliphatic heterocycles. The Balaban J connectivity index is 1.51. The van der Waals surface area contributed by atoms with Crippen molar-refractivity contribution in [1.29, 1.82) is 5.26 Å². The molecule has 0 saturated carbocycles. The van der Waals surface area contributed by atoms with Crippen molar-refractivity contribution >= 4 is 38.6 Å². The molecule has 0 atom stereocenters. The predicted octanol–water partition coefficient (Wildman–Crippen LogP) is 4.66. The summed E-state index contributed by atoms with van der Waals surface area (Å²) in [5.41, 5.74) is 3.82. The van der Waals surface area contributed by atoms with E-state index in [9.17, 15) is 18.5 Å². The first-order valence-electron chi connectivity index (χ1n) is 12.0. The molecule has 0 bridgehead atoms. The number of rotatable bonds is 5. The number of benzene rings is 3. The Hall–Kier alpha value is -4.35. The Morgan fingerprint density at radius 1 is 1.00 bits per heavy atom. The van der Waals surface area contributed by atoms with Crippen molar-refractivity contribution in [2.45, 2.75) is 11.8 Å². The number of nitrogens with zero attached hydrogens (tertiary/aromatic N) is 4. The van der Waals surface area contributed by atoms with Crippen LogP contribution in [-0.4, -0.2) is 49.4 Å². The van der Waals surface area contributed by atoms with Gasteiger partial charge in [-0.3, -0.25) is 4.79 Å². The van der Waals surface area contributed by atoms with Crippen molar-refractivity contribution in [3.8, 4) is 6.07 Å². The Labute approximate surface area is 216 Å². The zero-order valence-electron chi connectivity index (χ0n) is 20.5. The van der Waals surface area contributed by atoms with Gasteiger partial charge in [0.25, 0.3) is 15.9 Å². The number of fused-ring (bicyclic) bond motifs is 1. The molecule has 1 aliphatic rings. The van der Waals surface area contributed by atoms with Crippen LogP contribution in [-0.2, 0) is 10.0 Å². The summed E-state index contributed by atoms with van der Waals surface area (Å²) in [4.78, 5) is 17.8. The highest BCUT2D eigenvalue weighted by atomic mass is 32.2. The van der Waals surface area contributed by atoms with Crippen molar-refractivity contribution in [3.63, 3.8) is 0 Å². The van der Waals surface area contributed by atoms with E-state index in [0.29, 0.717) is 48.2 Å². The van der Waals surface area contributed by atoms with E-state index in [1.807, 2.05) is 31.2 Å². The SMILES string of the molecule is C=Cc1cc(C(=O)N2CCN(c3ccccc3C#N)CC2)c2c(ccn2S(=O)(=O)c2ccc(C)cc2)c1. The number of aryl methyl sites for hydroxylation is 1. The molecule has 0 radical (unpaired) electrons. The summed E-state index contributed by atoms with van der Waals surface area (Å²) >= 11 is 0. The lowest BCUT2D eigenvalue weighted by atomic mass is 10.0. The van der Waals surface area contributed by atoms with Crippen LogP contribution in [0.15, 0.2) is 84.4 Å². The maximum absolute atomic E-state index is 13.8. The number of anilines is 1. The Bertz CT molecular complexity index is 1660. The van der Waals surface area contributed by atoms with Crippen molar-refractivity contribution < 1.29 is 13.2 Å². The van der Waals surface area contributed by atoms with Gasteiger partial charge in [0.2, 0.25) is 0 Å². The molecule has 0 spiro atoms. The smallest absolute Gasteiger partial charge is 0.268 e. The minimum Gasteiger partial charge on any atom is -0.367 e. The van der Waals surface area contributed by atoms with Crippen LogP contribution in [0.25, 0.3) is 17.0 Å². The van der Waals surface area contributed by atoms with Gasteiger partial charge in [0.15, 0.2) is 0 Å². The highest BCUT2D eigenvalue weighted by Crippen LogP contribution is 2.29. The average molecular weight is 511 g/mol. The van der Waals surface area contributed by atoms with Gasteiger partial charge < -0.3 is 9.80 Å². The van der Waals surface area contributed by atoms with Crippen LogP contribution >= 0.6 is 0 Å². The molecule has 2 heterocycles. The molecule has 0 aliphatic carbocycles. The summed E-state index contributed by atoms with van der Waals surface area (Å²) in [6.07, 6.45) is 3.15. The minimum atomic E-state index is -3.92. The third-order valence-corrected chi connectivity index (χ3v) is 8.44. The molecule has 37 heavy (non-hydrogen) atoms. The second kappa shape index (κ2) is 9.60. The topological polar surface area (TPSA) is 86.4 Å². The average Bonchev–Trinajstić information content (AvgIpc) is 3.37. The summed E-state index contributed by atoms with van der Waals surface area (Å²) in [7, 11) is -3.92.